The number of nitrogens with one attached hydrogen (secondary N) is 1. The van der Waals surface area contributed by atoms with E-state index in [0.29, 0.717) is 17.3 Å². The summed E-state index contributed by atoms with van der Waals surface area (Å²) in [5.74, 6) is -0.235. The van der Waals surface area contributed by atoms with Crippen molar-refractivity contribution in [2.75, 3.05) is 17.3 Å². The summed E-state index contributed by atoms with van der Waals surface area (Å²) < 4.78 is 13.3. The normalized spacial score (nSPS) is 23.9. The van der Waals surface area contributed by atoms with Gasteiger partial charge in [-0.1, -0.05) is 0 Å². The Bertz CT molecular complexity index is 409. The number of aryl methyl sites for hydroxylation is 1. The molecule has 3 N–H and O–H groups in total. The Labute approximate surface area is 106 Å². The first-order valence-electron chi connectivity index (χ1n) is 5.95. The van der Waals surface area contributed by atoms with Crippen molar-refractivity contribution in [2.45, 2.75) is 37.5 Å². The molecule has 0 radical (unpaired) electrons. The van der Waals surface area contributed by atoms with Crippen LogP contribution in [0.25, 0.3) is 0 Å². The average Bonchev–Trinajstić information content (AvgIpc) is 2.73. The second-order valence-corrected chi connectivity index (χ2v) is 5.84. The SMILES string of the molecule is CSC1CCC(Nc2cc(C)c(F)cc2N)C1. The van der Waals surface area contributed by atoms with Crippen LogP contribution >= 0.6 is 11.8 Å². The van der Waals surface area contributed by atoms with Crippen LogP contribution in [-0.4, -0.2) is 17.5 Å². The molecule has 94 valence electrons. The lowest BCUT2D eigenvalue weighted by Crippen LogP contribution is -2.17. The Kier molecular flexibility index (Phi) is 3.82. The van der Waals surface area contributed by atoms with Crippen LogP contribution < -0.4 is 11.1 Å². The van der Waals surface area contributed by atoms with Gasteiger partial charge in [-0.25, -0.2) is 4.39 Å². The predicted octanol–water partition coefficient (Wildman–Crippen LogP) is 3.41. The highest BCUT2D eigenvalue weighted by atomic mass is 32.2. The van der Waals surface area contributed by atoms with E-state index in [-0.39, 0.29) is 5.82 Å². The van der Waals surface area contributed by atoms with Crippen LogP contribution in [0, 0.1) is 12.7 Å². The number of hydrogen-bond donors (Lipinski definition) is 2. The fourth-order valence-electron chi connectivity index (χ4n) is 2.33. The summed E-state index contributed by atoms with van der Waals surface area (Å²) in [6.07, 6.45) is 5.74. The van der Waals surface area contributed by atoms with E-state index in [0.717, 1.165) is 17.4 Å². The van der Waals surface area contributed by atoms with Crippen LogP contribution in [-0.2, 0) is 0 Å². The van der Waals surface area contributed by atoms with Gasteiger partial charge in [0, 0.05) is 11.3 Å². The van der Waals surface area contributed by atoms with Gasteiger partial charge in [-0.2, -0.15) is 11.8 Å². The molecule has 17 heavy (non-hydrogen) atoms. The van der Waals surface area contributed by atoms with Crippen molar-refractivity contribution in [3.8, 4) is 0 Å². The number of halogens is 1. The molecular formula is C13H19FN2S. The molecule has 1 fully saturated rings. The van der Waals surface area contributed by atoms with Gasteiger partial charge in [0.05, 0.1) is 11.4 Å². The average molecular weight is 254 g/mol. The summed E-state index contributed by atoms with van der Waals surface area (Å²) in [5.41, 5.74) is 7.84. The van der Waals surface area contributed by atoms with Crippen molar-refractivity contribution in [1.29, 1.82) is 0 Å². The van der Waals surface area contributed by atoms with Crippen LogP contribution in [0.3, 0.4) is 0 Å². The molecular weight excluding hydrogens is 235 g/mol. The Morgan fingerprint density at radius 1 is 1.41 bits per heavy atom. The van der Waals surface area contributed by atoms with Gasteiger partial charge in [0.15, 0.2) is 0 Å². The van der Waals surface area contributed by atoms with Gasteiger partial charge in [0.2, 0.25) is 0 Å². The Hall–Kier alpha value is -0.900. The van der Waals surface area contributed by atoms with Crippen LogP contribution in [0.4, 0.5) is 15.8 Å². The zero-order valence-electron chi connectivity index (χ0n) is 10.3. The molecule has 2 nitrogen and oxygen atoms in total. The molecule has 2 rings (SSSR count). The zero-order valence-corrected chi connectivity index (χ0v) is 11.1. The second-order valence-electron chi connectivity index (χ2n) is 4.70. The molecule has 1 saturated carbocycles. The number of thioether (sulfide) groups is 1. The number of hydrogen-bond acceptors (Lipinski definition) is 3. The van der Waals surface area contributed by atoms with Gasteiger partial charge in [-0.3, -0.25) is 0 Å². The zero-order chi connectivity index (χ0) is 12.4. The first kappa shape index (κ1) is 12.6. The van der Waals surface area contributed by atoms with Crippen molar-refractivity contribution >= 4 is 23.1 Å². The highest BCUT2D eigenvalue weighted by molar-refractivity contribution is 7.99. The Balaban J connectivity index is 2.06. The highest BCUT2D eigenvalue weighted by Crippen LogP contribution is 2.32. The van der Waals surface area contributed by atoms with E-state index in [2.05, 4.69) is 11.6 Å². The molecule has 1 aliphatic rings. The Morgan fingerprint density at radius 2 is 2.18 bits per heavy atom. The maximum absolute atomic E-state index is 13.3. The summed E-state index contributed by atoms with van der Waals surface area (Å²) in [6, 6.07) is 3.68. The minimum Gasteiger partial charge on any atom is -0.397 e. The first-order valence-corrected chi connectivity index (χ1v) is 7.24. The summed E-state index contributed by atoms with van der Waals surface area (Å²) in [7, 11) is 0. The smallest absolute Gasteiger partial charge is 0.128 e. The lowest BCUT2D eigenvalue weighted by atomic mass is 10.1. The lowest BCUT2D eigenvalue weighted by molar-refractivity contribution is 0.619. The summed E-state index contributed by atoms with van der Waals surface area (Å²) in [4.78, 5) is 0. The number of rotatable bonds is 3. The minimum absolute atomic E-state index is 0.235. The molecule has 0 aliphatic heterocycles. The molecule has 0 saturated heterocycles. The third-order valence-electron chi connectivity index (χ3n) is 3.41. The van der Waals surface area contributed by atoms with E-state index in [1.165, 1.54) is 18.9 Å². The summed E-state index contributed by atoms with van der Waals surface area (Å²) in [5, 5.41) is 4.18. The van der Waals surface area contributed by atoms with E-state index < -0.39 is 0 Å². The Morgan fingerprint density at radius 3 is 2.82 bits per heavy atom. The van der Waals surface area contributed by atoms with Gasteiger partial charge in [-0.05, 0) is 50.1 Å². The molecule has 0 heterocycles. The number of benzene rings is 1. The first-order chi connectivity index (χ1) is 8.10. The van der Waals surface area contributed by atoms with Gasteiger partial charge in [0.1, 0.15) is 5.82 Å². The fourth-order valence-corrected chi connectivity index (χ4v) is 3.12. The van der Waals surface area contributed by atoms with Crippen molar-refractivity contribution < 1.29 is 4.39 Å². The van der Waals surface area contributed by atoms with E-state index in [1.807, 2.05) is 11.8 Å². The molecule has 2 atom stereocenters. The maximum Gasteiger partial charge on any atom is 0.128 e. The fraction of sp³-hybridized carbons (Fsp3) is 0.538. The van der Waals surface area contributed by atoms with Crippen LogP contribution in [0.5, 0.6) is 0 Å². The standard InChI is InChI=1S/C13H19FN2S/c1-8-5-13(12(15)7-11(8)14)16-9-3-4-10(6-9)17-2/h5,7,9-10,16H,3-4,6,15H2,1-2H3. The van der Waals surface area contributed by atoms with E-state index >= 15 is 0 Å². The number of anilines is 2. The molecule has 1 aliphatic carbocycles. The molecule has 0 spiro atoms. The minimum atomic E-state index is -0.235. The molecule has 0 bridgehead atoms. The summed E-state index contributed by atoms with van der Waals surface area (Å²) >= 11 is 1.93. The van der Waals surface area contributed by atoms with Crippen LogP contribution in [0.1, 0.15) is 24.8 Å². The van der Waals surface area contributed by atoms with Gasteiger partial charge in [0.25, 0.3) is 0 Å². The number of nitrogens with two attached hydrogens (primary N) is 1. The van der Waals surface area contributed by atoms with Crippen LogP contribution in [0.2, 0.25) is 0 Å². The monoisotopic (exact) mass is 254 g/mol. The van der Waals surface area contributed by atoms with Gasteiger partial charge >= 0.3 is 0 Å². The third kappa shape index (κ3) is 2.86. The van der Waals surface area contributed by atoms with E-state index in [4.69, 9.17) is 5.73 Å². The van der Waals surface area contributed by atoms with E-state index in [9.17, 15) is 4.39 Å². The van der Waals surface area contributed by atoms with Crippen molar-refractivity contribution in [3.63, 3.8) is 0 Å². The lowest BCUT2D eigenvalue weighted by Gasteiger charge is -2.17. The van der Waals surface area contributed by atoms with Crippen molar-refractivity contribution in [1.82, 2.24) is 0 Å². The third-order valence-corrected chi connectivity index (χ3v) is 4.50. The maximum atomic E-state index is 13.3. The van der Waals surface area contributed by atoms with Crippen LogP contribution in [0.15, 0.2) is 12.1 Å². The molecule has 0 amide bonds. The second kappa shape index (κ2) is 5.17. The van der Waals surface area contributed by atoms with Gasteiger partial charge in [-0.15, -0.1) is 0 Å². The van der Waals surface area contributed by atoms with Crippen molar-refractivity contribution in [3.05, 3.63) is 23.5 Å². The highest BCUT2D eigenvalue weighted by Gasteiger charge is 2.24. The molecule has 0 aromatic heterocycles. The number of nitrogen functional groups attached to an aromatic ring is 1. The summed E-state index contributed by atoms with van der Waals surface area (Å²) in [6.45, 7) is 1.76. The quantitative estimate of drug-likeness (QED) is 0.812. The van der Waals surface area contributed by atoms with Gasteiger partial charge < -0.3 is 11.1 Å². The molecule has 1 aromatic rings. The van der Waals surface area contributed by atoms with E-state index in [1.54, 1.807) is 13.0 Å². The molecule has 4 heteroatoms. The largest absolute Gasteiger partial charge is 0.397 e. The molecule has 1 aromatic carbocycles. The topological polar surface area (TPSA) is 38.0 Å². The predicted molar refractivity (Wildman–Crippen MR) is 74.1 cm³/mol. The van der Waals surface area contributed by atoms with Crippen molar-refractivity contribution in [2.24, 2.45) is 0 Å². The molecule has 2 unspecified atom stereocenters.